The lowest BCUT2D eigenvalue weighted by Gasteiger charge is -2.28. The second-order valence-corrected chi connectivity index (χ2v) is 4.03. The quantitative estimate of drug-likeness (QED) is 0.382. The van der Waals surface area contributed by atoms with Crippen LogP contribution < -0.4 is 0 Å². The number of carbonyl (C=O) groups is 2. The molecule has 76 valence electrons. The first-order valence-corrected chi connectivity index (χ1v) is 5.14. The van der Waals surface area contributed by atoms with Crippen molar-refractivity contribution in [2.75, 3.05) is 0 Å². The Bertz CT molecular complexity index is 306. The molecular formula is C11H14O3. The molecule has 1 saturated heterocycles. The number of hydrogen-bond donors (Lipinski definition) is 0. The van der Waals surface area contributed by atoms with Crippen LogP contribution in [0.5, 0.6) is 0 Å². The topological polar surface area (TPSA) is 43.4 Å². The van der Waals surface area contributed by atoms with Crippen molar-refractivity contribution in [3.8, 4) is 0 Å². The molecule has 2 aliphatic rings. The van der Waals surface area contributed by atoms with Crippen LogP contribution in [0.15, 0.2) is 12.2 Å². The van der Waals surface area contributed by atoms with Crippen LogP contribution in [0, 0.1) is 11.3 Å². The molecule has 0 radical (unpaired) electrons. The first kappa shape index (κ1) is 9.44. The average Bonchev–Trinajstić information content (AvgIpc) is 2.41. The van der Waals surface area contributed by atoms with Crippen molar-refractivity contribution in [2.45, 2.75) is 32.6 Å². The van der Waals surface area contributed by atoms with Crippen LogP contribution in [0.1, 0.15) is 32.6 Å². The second-order valence-electron chi connectivity index (χ2n) is 4.03. The van der Waals surface area contributed by atoms with Crippen LogP contribution in [0.25, 0.3) is 0 Å². The Kier molecular flexibility index (Phi) is 2.17. The summed E-state index contributed by atoms with van der Waals surface area (Å²) in [6.07, 6.45) is 7.12. The van der Waals surface area contributed by atoms with Gasteiger partial charge in [-0.25, -0.2) is 0 Å². The Morgan fingerprint density at radius 3 is 3.07 bits per heavy atom. The monoisotopic (exact) mass is 194 g/mol. The number of hydrogen-bond acceptors (Lipinski definition) is 3. The molecule has 0 aromatic carbocycles. The van der Waals surface area contributed by atoms with E-state index in [9.17, 15) is 9.59 Å². The molecule has 14 heavy (non-hydrogen) atoms. The molecular weight excluding hydrogens is 180 g/mol. The van der Waals surface area contributed by atoms with Crippen molar-refractivity contribution in [3.05, 3.63) is 12.2 Å². The first-order valence-electron chi connectivity index (χ1n) is 5.14. The van der Waals surface area contributed by atoms with Crippen LogP contribution in [0.3, 0.4) is 0 Å². The Morgan fingerprint density at radius 2 is 2.36 bits per heavy atom. The molecule has 2 rings (SSSR count). The largest absolute Gasteiger partial charge is 0.392 e. The third-order valence-corrected chi connectivity index (χ3v) is 3.18. The van der Waals surface area contributed by atoms with Gasteiger partial charge in [0.2, 0.25) is 0 Å². The molecule has 3 heteroatoms. The minimum atomic E-state index is -0.621. The van der Waals surface area contributed by atoms with Gasteiger partial charge in [0, 0.05) is 0 Å². The number of fused-ring (bicyclic) bond motifs is 1. The number of rotatable bonds is 2. The molecule has 0 N–H and O–H groups in total. The lowest BCUT2D eigenvalue weighted by molar-refractivity contribution is -0.154. The summed E-state index contributed by atoms with van der Waals surface area (Å²) in [6, 6.07) is 0. The predicted octanol–water partition coefficient (Wildman–Crippen LogP) is 1.82. The van der Waals surface area contributed by atoms with Crippen LogP contribution in [0.4, 0.5) is 0 Å². The molecule has 1 aliphatic carbocycles. The standard InChI is InChI=1S/C11H14O3/c1-2-6-11-7-4-3-5-8(11)9(12)14-10(11)13/h4,7-8H,2-3,5-6H2,1H3. The van der Waals surface area contributed by atoms with Gasteiger partial charge in [0.05, 0.1) is 11.3 Å². The Hall–Kier alpha value is -1.12. The van der Waals surface area contributed by atoms with Gasteiger partial charge in [0.15, 0.2) is 0 Å². The summed E-state index contributed by atoms with van der Waals surface area (Å²) in [5.41, 5.74) is -0.621. The van der Waals surface area contributed by atoms with Crippen LogP contribution >= 0.6 is 0 Å². The molecule has 3 nitrogen and oxygen atoms in total. The molecule has 1 aliphatic heterocycles. The van der Waals surface area contributed by atoms with Gasteiger partial charge in [0.25, 0.3) is 0 Å². The van der Waals surface area contributed by atoms with Crippen molar-refractivity contribution >= 4 is 11.9 Å². The Morgan fingerprint density at radius 1 is 1.57 bits per heavy atom. The van der Waals surface area contributed by atoms with E-state index >= 15 is 0 Å². The highest BCUT2D eigenvalue weighted by Gasteiger charge is 2.55. The Labute approximate surface area is 83.1 Å². The third kappa shape index (κ3) is 1.11. The van der Waals surface area contributed by atoms with Crippen molar-refractivity contribution < 1.29 is 14.3 Å². The fourth-order valence-corrected chi connectivity index (χ4v) is 2.50. The van der Waals surface area contributed by atoms with Crippen LogP contribution in [-0.2, 0) is 14.3 Å². The van der Waals surface area contributed by atoms with Crippen molar-refractivity contribution in [3.63, 3.8) is 0 Å². The molecule has 2 unspecified atom stereocenters. The molecule has 1 heterocycles. The van der Waals surface area contributed by atoms with E-state index < -0.39 is 5.41 Å². The minimum absolute atomic E-state index is 0.222. The smallest absolute Gasteiger partial charge is 0.324 e. The van der Waals surface area contributed by atoms with Crippen LogP contribution in [0.2, 0.25) is 0 Å². The normalized spacial score (nSPS) is 35.6. The number of carbonyl (C=O) groups excluding carboxylic acids is 2. The highest BCUT2D eigenvalue weighted by Crippen LogP contribution is 2.46. The maximum atomic E-state index is 11.6. The fraction of sp³-hybridized carbons (Fsp3) is 0.636. The highest BCUT2D eigenvalue weighted by atomic mass is 16.6. The molecule has 0 spiro atoms. The van der Waals surface area contributed by atoms with Gasteiger partial charge in [-0.1, -0.05) is 25.5 Å². The van der Waals surface area contributed by atoms with Gasteiger partial charge in [-0.3, -0.25) is 9.59 Å². The SMILES string of the molecule is CCCC12C=CCCC1C(=O)OC2=O. The highest BCUT2D eigenvalue weighted by molar-refractivity contribution is 6.00. The number of esters is 2. The molecule has 0 amide bonds. The second kappa shape index (κ2) is 3.23. The van der Waals surface area contributed by atoms with E-state index in [1.807, 2.05) is 19.1 Å². The molecule has 2 atom stereocenters. The minimum Gasteiger partial charge on any atom is -0.392 e. The van der Waals surface area contributed by atoms with Gasteiger partial charge in [0.1, 0.15) is 0 Å². The average molecular weight is 194 g/mol. The summed E-state index contributed by atoms with van der Waals surface area (Å²) < 4.78 is 4.74. The van der Waals surface area contributed by atoms with E-state index in [1.54, 1.807) is 0 Å². The maximum Gasteiger partial charge on any atom is 0.324 e. The van der Waals surface area contributed by atoms with Gasteiger partial charge >= 0.3 is 11.9 Å². The number of allylic oxidation sites excluding steroid dienone is 1. The van der Waals surface area contributed by atoms with Gasteiger partial charge in [-0.05, 0) is 19.3 Å². The summed E-state index contributed by atoms with van der Waals surface area (Å²) in [6.45, 7) is 2.02. The van der Waals surface area contributed by atoms with E-state index in [0.717, 1.165) is 25.7 Å². The van der Waals surface area contributed by atoms with E-state index in [1.165, 1.54) is 0 Å². The van der Waals surface area contributed by atoms with E-state index in [4.69, 9.17) is 4.74 Å². The van der Waals surface area contributed by atoms with E-state index in [0.29, 0.717) is 0 Å². The maximum absolute atomic E-state index is 11.6. The lowest BCUT2D eigenvalue weighted by atomic mass is 9.69. The summed E-state index contributed by atoms with van der Waals surface area (Å²) in [5, 5.41) is 0. The summed E-state index contributed by atoms with van der Waals surface area (Å²) in [4.78, 5) is 23.1. The zero-order valence-corrected chi connectivity index (χ0v) is 8.29. The molecule has 0 aromatic heterocycles. The zero-order chi connectivity index (χ0) is 10.2. The number of ether oxygens (including phenoxy) is 1. The fourth-order valence-electron chi connectivity index (χ4n) is 2.50. The molecule has 0 aromatic rings. The Balaban J connectivity index is 2.39. The van der Waals surface area contributed by atoms with E-state index in [2.05, 4.69) is 0 Å². The van der Waals surface area contributed by atoms with Crippen molar-refractivity contribution in [2.24, 2.45) is 11.3 Å². The lowest BCUT2D eigenvalue weighted by Crippen LogP contribution is -2.33. The van der Waals surface area contributed by atoms with E-state index in [-0.39, 0.29) is 17.9 Å². The number of cyclic esters (lactones) is 2. The van der Waals surface area contributed by atoms with Crippen molar-refractivity contribution in [1.29, 1.82) is 0 Å². The van der Waals surface area contributed by atoms with Gasteiger partial charge < -0.3 is 4.74 Å². The predicted molar refractivity (Wildman–Crippen MR) is 50.3 cm³/mol. The molecule has 1 fully saturated rings. The third-order valence-electron chi connectivity index (χ3n) is 3.18. The van der Waals surface area contributed by atoms with Crippen LogP contribution in [-0.4, -0.2) is 11.9 Å². The summed E-state index contributed by atoms with van der Waals surface area (Å²) in [7, 11) is 0. The van der Waals surface area contributed by atoms with Gasteiger partial charge in [-0.2, -0.15) is 0 Å². The van der Waals surface area contributed by atoms with Crippen molar-refractivity contribution in [1.82, 2.24) is 0 Å². The summed E-state index contributed by atoms with van der Waals surface area (Å²) in [5.74, 6) is -0.891. The molecule has 0 saturated carbocycles. The van der Waals surface area contributed by atoms with Gasteiger partial charge in [-0.15, -0.1) is 0 Å². The first-order chi connectivity index (χ1) is 6.70. The molecule has 0 bridgehead atoms. The summed E-state index contributed by atoms with van der Waals surface area (Å²) >= 11 is 0. The zero-order valence-electron chi connectivity index (χ0n) is 8.29.